The van der Waals surface area contributed by atoms with E-state index in [1.54, 1.807) is 22.9 Å². The number of rotatable bonds is 5. The normalized spacial score (nSPS) is 10.4. The summed E-state index contributed by atoms with van der Waals surface area (Å²) in [5, 5.41) is 16.3. The van der Waals surface area contributed by atoms with E-state index in [0.717, 1.165) is 24.2 Å². The lowest BCUT2D eigenvalue weighted by molar-refractivity contribution is 0.0696. The van der Waals surface area contributed by atoms with Gasteiger partial charge >= 0.3 is 5.97 Å². The van der Waals surface area contributed by atoms with Crippen LogP contribution in [0.25, 0.3) is 0 Å². The zero-order valence-electron chi connectivity index (χ0n) is 10.4. The average Bonchev–Trinajstić information content (AvgIpc) is 2.75. The fraction of sp³-hybridized carbons (Fsp3) is 0.231. The number of carbonyl (C=O) groups is 1. The van der Waals surface area contributed by atoms with Crippen molar-refractivity contribution in [2.45, 2.75) is 6.42 Å². The van der Waals surface area contributed by atoms with Crippen LogP contribution in [0.5, 0.6) is 0 Å². The van der Waals surface area contributed by atoms with Crippen LogP contribution in [0.2, 0.25) is 0 Å². The number of anilines is 1. The lowest BCUT2D eigenvalue weighted by Crippen LogP contribution is -2.05. The molecule has 2 aromatic rings. The van der Waals surface area contributed by atoms with Gasteiger partial charge in [0.1, 0.15) is 0 Å². The maximum absolute atomic E-state index is 10.9. The van der Waals surface area contributed by atoms with E-state index in [9.17, 15) is 4.79 Å². The number of carboxylic acids is 1. The second kappa shape index (κ2) is 5.88. The summed E-state index contributed by atoms with van der Waals surface area (Å²) in [6.07, 6.45) is 4.68. The highest BCUT2D eigenvalue weighted by Crippen LogP contribution is 2.21. The highest BCUT2D eigenvalue weighted by atomic mass is 79.9. The van der Waals surface area contributed by atoms with E-state index in [-0.39, 0.29) is 5.56 Å². The molecule has 0 spiro atoms. The summed E-state index contributed by atoms with van der Waals surface area (Å²) in [7, 11) is 1.89. The third kappa shape index (κ3) is 3.57. The van der Waals surface area contributed by atoms with Crippen molar-refractivity contribution in [1.82, 2.24) is 9.78 Å². The van der Waals surface area contributed by atoms with Gasteiger partial charge in [0.05, 0.1) is 11.8 Å². The van der Waals surface area contributed by atoms with Gasteiger partial charge in [-0.25, -0.2) is 4.79 Å². The molecule has 1 aromatic carbocycles. The van der Waals surface area contributed by atoms with E-state index >= 15 is 0 Å². The van der Waals surface area contributed by atoms with Gasteiger partial charge in [-0.3, -0.25) is 4.68 Å². The molecule has 19 heavy (non-hydrogen) atoms. The number of halogens is 1. The first-order valence-corrected chi connectivity index (χ1v) is 6.60. The van der Waals surface area contributed by atoms with Crippen molar-refractivity contribution in [3.05, 3.63) is 46.2 Å². The first-order valence-electron chi connectivity index (χ1n) is 5.80. The van der Waals surface area contributed by atoms with E-state index < -0.39 is 5.97 Å². The Morgan fingerprint density at radius 2 is 2.32 bits per heavy atom. The highest BCUT2D eigenvalue weighted by molar-refractivity contribution is 9.10. The Hall–Kier alpha value is -1.82. The zero-order chi connectivity index (χ0) is 13.8. The predicted molar refractivity (Wildman–Crippen MR) is 76.5 cm³/mol. The number of carboxylic acid groups (broad SMARTS) is 1. The molecule has 0 aliphatic heterocycles. The molecule has 0 fully saturated rings. The second-order valence-corrected chi connectivity index (χ2v) is 5.05. The van der Waals surface area contributed by atoms with Crippen LogP contribution in [0, 0.1) is 0 Å². The predicted octanol–water partition coefficient (Wildman–Crippen LogP) is 2.54. The smallest absolute Gasteiger partial charge is 0.336 e. The summed E-state index contributed by atoms with van der Waals surface area (Å²) >= 11 is 3.25. The third-order valence-corrected chi connectivity index (χ3v) is 3.36. The molecule has 6 heteroatoms. The van der Waals surface area contributed by atoms with Gasteiger partial charge in [-0.15, -0.1) is 0 Å². The van der Waals surface area contributed by atoms with Crippen molar-refractivity contribution in [1.29, 1.82) is 0 Å². The number of nitrogens with zero attached hydrogens (tertiary/aromatic N) is 2. The Bertz CT molecular complexity index is 595. The van der Waals surface area contributed by atoms with Gasteiger partial charge < -0.3 is 10.4 Å². The van der Waals surface area contributed by atoms with Crippen molar-refractivity contribution < 1.29 is 9.90 Å². The molecular formula is C13H14BrN3O2. The van der Waals surface area contributed by atoms with Gasteiger partial charge in [0, 0.05) is 29.9 Å². The standard InChI is InChI=1S/C13H14BrN3O2/c1-17-8-9(7-16-17)4-5-15-10-2-3-11(13(18)19)12(14)6-10/h2-3,6-8,15H,4-5H2,1H3,(H,18,19). The van der Waals surface area contributed by atoms with Gasteiger partial charge in [-0.1, -0.05) is 0 Å². The van der Waals surface area contributed by atoms with E-state index in [1.807, 2.05) is 19.4 Å². The topological polar surface area (TPSA) is 67.2 Å². The Balaban J connectivity index is 1.93. The fourth-order valence-corrected chi connectivity index (χ4v) is 2.30. The summed E-state index contributed by atoms with van der Waals surface area (Å²) < 4.78 is 2.35. The summed E-state index contributed by atoms with van der Waals surface area (Å²) in [4.78, 5) is 10.9. The third-order valence-electron chi connectivity index (χ3n) is 2.70. The molecule has 0 atom stereocenters. The number of nitrogens with one attached hydrogen (secondary N) is 1. The molecule has 1 aromatic heterocycles. The molecule has 0 aliphatic rings. The van der Waals surface area contributed by atoms with Crippen molar-refractivity contribution in [3.8, 4) is 0 Å². The van der Waals surface area contributed by atoms with Gasteiger partial charge in [-0.2, -0.15) is 5.10 Å². The van der Waals surface area contributed by atoms with Crippen LogP contribution in [0.1, 0.15) is 15.9 Å². The first kappa shape index (κ1) is 13.6. The molecule has 0 aliphatic carbocycles. The molecular weight excluding hydrogens is 310 g/mol. The number of benzene rings is 1. The number of aryl methyl sites for hydroxylation is 1. The molecule has 0 saturated heterocycles. The van der Waals surface area contributed by atoms with Crippen molar-refractivity contribution in [3.63, 3.8) is 0 Å². The minimum Gasteiger partial charge on any atom is -0.478 e. The van der Waals surface area contributed by atoms with Crippen LogP contribution in [0.15, 0.2) is 35.1 Å². The average molecular weight is 324 g/mol. The van der Waals surface area contributed by atoms with Gasteiger partial charge in [0.25, 0.3) is 0 Å². The quantitative estimate of drug-likeness (QED) is 0.887. The molecule has 2 N–H and O–H groups in total. The Kier molecular flexibility index (Phi) is 4.21. The van der Waals surface area contributed by atoms with Crippen molar-refractivity contribution in [2.75, 3.05) is 11.9 Å². The van der Waals surface area contributed by atoms with Gasteiger partial charge in [0.2, 0.25) is 0 Å². The van der Waals surface area contributed by atoms with Crippen LogP contribution < -0.4 is 5.32 Å². The van der Waals surface area contributed by atoms with Gasteiger partial charge in [0.15, 0.2) is 0 Å². The summed E-state index contributed by atoms with van der Waals surface area (Å²) in [5.74, 6) is -0.936. The minimum absolute atomic E-state index is 0.262. The Morgan fingerprint density at radius 1 is 1.53 bits per heavy atom. The maximum Gasteiger partial charge on any atom is 0.336 e. The second-order valence-electron chi connectivity index (χ2n) is 4.20. The van der Waals surface area contributed by atoms with E-state index in [1.165, 1.54) is 0 Å². The molecule has 0 unspecified atom stereocenters. The SMILES string of the molecule is Cn1cc(CCNc2ccc(C(=O)O)c(Br)c2)cn1. The Labute approximate surface area is 119 Å². The summed E-state index contributed by atoms with van der Waals surface area (Å²) in [6, 6.07) is 5.11. The lowest BCUT2D eigenvalue weighted by Gasteiger charge is -2.07. The molecule has 0 radical (unpaired) electrons. The molecule has 5 nitrogen and oxygen atoms in total. The largest absolute Gasteiger partial charge is 0.478 e. The molecule has 0 bridgehead atoms. The molecule has 0 saturated carbocycles. The Morgan fingerprint density at radius 3 is 2.89 bits per heavy atom. The fourth-order valence-electron chi connectivity index (χ4n) is 1.75. The summed E-state index contributed by atoms with van der Waals surface area (Å²) in [6.45, 7) is 0.768. The molecule has 0 amide bonds. The highest BCUT2D eigenvalue weighted by Gasteiger charge is 2.08. The molecule has 100 valence electrons. The number of aromatic carboxylic acids is 1. The molecule has 1 heterocycles. The van der Waals surface area contributed by atoms with Gasteiger partial charge in [-0.05, 0) is 46.1 Å². The molecule has 2 rings (SSSR count). The minimum atomic E-state index is -0.936. The number of aromatic nitrogens is 2. The first-order chi connectivity index (χ1) is 9.06. The van der Waals surface area contributed by atoms with Crippen LogP contribution in [-0.2, 0) is 13.5 Å². The van der Waals surface area contributed by atoms with E-state index in [2.05, 4.69) is 26.3 Å². The van der Waals surface area contributed by atoms with E-state index in [4.69, 9.17) is 5.11 Å². The van der Waals surface area contributed by atoms with Crippen LogP contribution in [0.4, 0.5) is 5.69 Å². The van der Waals surface area contributed by atoms with Crippen LogP contribution in [-0.4, -0.2) is 27.4 Å². The maximum atomic E-state index is 10.9. The monoisotopic (exact) mass is 323 g/mol. The summed E-state index contributed by atoms with van der Waals surface area (Å²) in [5.41, 5.74) is 2.31. The van der Waals surface area contributed by atoms with Crippen LogP contribution in [0.3, 0.4) is 0 Å². The van der Waals surface area contributed by atoms with Crippen LogP contribution >= 0.6 is 15.9 Å². The van der Waals surface area contributed by atoms with E-state index in [0.29, 0.717) is 4.47 Å². The number of hydrogen-bond acceptors (Lipinski definition) is 3. The zero-order valence-corrected chi connectivity index (χ0v) is 12.0. The van der Waals surface area contributed by atoms with Crippen molar-refractivity contribution >= 4 is 27.6 Å². The van der Waals surface area contributed by atoms with Crippen molar-refractivity contribution in [2.24, 2.45) is 7.05 Å². The number of hydrogen-bond donors (Lipinski definition) is 2. The lowest BCUT2D eigenvalue weighted by atomic mass is 10.2.